The van der Waals surface area contributed by atoms with Gasteiger partial charge in [0.15, 0.2) is 0 Å². The summed E-state index contributed by atoms with van der Waals surface area (Å²) in [5.41, 5.74) is 3.92. The van der Waals surface area contributed by atoms with Gasteiger partial charge in [-0.2, -0.15) is 0 Å². The van der Waals surface area contributed by atoms with E-state index in [4.69, 9.17) is 0 Å². The standard InChI is InChI=1S/C15H23NO/c1-11-5-3-6-12(2)14(11)9-15(17)13-7-4-8-16-10-13/h3,5-6,13,15-17H,4,7-10H2,1-2H3. The van der Waals surface area contributed by atoms with Crippen LogP contribution in [0.4, 0.5) is 0 Å². The molecule has 2 atom stereocenters. The average molecular weight is 233 g/mol. The van der Waals surface area contributed by atoms with Gasteiger partial charge in [0.1, 0.15) is 0 Å². The summed E-state index contributed by atoms with van der Waals surface area (Å²) >= 11 is 0. The Bertz CT molecular complexity index is 349. The van der Waals surface area contributed by atoms with Gasteiger partial charge in [0.2, 0.25) is 0 Å². The summed E-state index contributed by atoms with van der Waals surface area (Å²) in [5, 5.41) is 13.7. The van der Waals surface area contributed by atoms with Crippen LogP contribution < -0.4 is 5.32 Å². The van der Waals surface area contributed by atoms with Crippen molar-refractivity contribution < 1.29 is 5.11 Å². The van der Waals surface area contributed by atoms with Crippen molar-refractivity contribution in [3.8, 4) is 0 Å². The first kappa shape index (κ1) is 12.6. The van der Waals surface area contributed by atoms with Crippen LogP contribution in [0.1, 0.15) is 29.5 Å². The van der Waals surface area contributed by atoms with Crippen LogP contribution in [0.25, 0.3) is 0 Å². The Labute approximate surface area is 104 Å². The summed E-state index contributed by atoms with van der Waals surface area (Å²) in [6, 6.07) is 6.35. The van der Waals surface area contributed by atoms with E-state index in [1.54, 1.807) is 0 Å². The predicted octanol–water partition coefficient (Wildman–Crippen LogP) is 2.21. The molecule has 94 valence electrons. The van der Waals surface area contributed by atoms with Crippen molar-refractivity contribution in [1.29, 1.82) is 0 Å². The lowest BCUT2D eigenvalue weighted by molar-refractivity contribution is 0.0919. The number of rotatable bonds is 3. The Morgan fingerprint density at radius 1 is 1.35 bits per heavy atom. The molecule has 0 bridgehead atoms. The number of hydrogen-bond acceptors (Lipinski definition) is 2. The molecule has 2 N–H and O–H groups in total. The zero-order valence-corrected chi connectivity index (χ0v) is 10.9. The second kappa shape index (κ2) is 5.65. The van der Waals surface area contributed by atoms with E-state index in [1.165, 1.54) is 23.1 Å². The molecule has 2 nitrogen and oxygen atoms in total. The lowest BCUT2D eigenvalue weighted by Gasteiger charge is -2.28. The van der Waals surface area contributed by atoms with Crippen LogP contribution in [0, 0.1) is 19.8 Å². The van der Waals surface area contributed by atoms with E-state index in [1.807, 2.05) is 0 Å². The Kier molecular flexibility index (Phi) is 4.19. The average Bonchev–Trinajstić information content (AvgIpc) is 2.35. The van der Waals surface area contributed by atoms with E-state index in [9.17, 15) is 5.11 Å². The normalized spacial score (nSPS) is 22.4. The van der Waals surface area contributed by atoms with E-state index in [-0.39, 0.29) is 6.10 Å². The maximum atomic E-state index is 10.3. The van der Waals surface area contributed by atoms with Crippen LogP contribution in [-0.2, 0) is 6.42 Å². The maximum Gasteiger partial charge on any atom is 0.0621 e. The first-order valence-electron chi connectivity index (χ1n) is 6.62. The molecule has 2 heteroatoms. The predicted molar refractivity (Wildman–Crippen MR) is 71.2 cm³/mol. The van der Waals surface area contributed by atoms with Gasteiger partial charge in [0.05, 0.1) is 6.10 Å². The fourth-order valence-corrected chi connectivity index (χ4v) is 2.75. The largest absolute Gasteiger partial charge is 0.392 e. The minimum Gasteiger partial charge on any atom is -0.392 e. The third-order valence-electron chi connectivity index (χ3n) is 3.94. The molecule has 0 amide bonds. The molecule has 1 aromatic carbocycles. The van der Waals surface area contributed by atoms with Gasteiger partial charge in [-0.3, -0.25) is 0 Å². The number of nitrogens with one attached hydrogen (secondary N) is 1. The summed E-state index contributed by atoms with van der Waals surface area (Å²) < 4.78 is 0. The van der Waals surface area contributed by atoms with Gasteiger partial charge in [-0.25, -0.2) is 0 Å². The lowest BCUT2D eigenvalue weighted by Crippen LogP contribution is -2.37. The minimum atomic E-state index is -0.206. The molecule has 1 heterocycles. The highest BCUT2D eigenvalue weighted by molar-refractivity contribution is 5.34. The van der Waals surface area contributed by atoms with E-state index < -0.39 is 0 Å². The molecule has 2 unspecified atom stereocenters. The minimum absolute atomic E-state index is 0.206. The van der Waals surface area contributed by atoms with Gasteiger partial charge in [-0.15, -0.1) is 0 Å². The monoisotopic (exact) mass is 233 g/mol. The van der Waals surface area contributed by atoms with E-state index in [2.05, 4.69) is 37.4 Å². The fraction of sp³-hybridized carbons (Fsp3) is 0.600. The number of aliphatic hydroxyl groups excluding tert-OH is 1. The quantitative estimate of drug-likeness (QED) is 0.839. The molecule has 1 fully saturated rings. The van der Waals surface area contributed by atoms with Gasteiger partial charge < -0.3 is 10.4 Å². The van der Waals surface area contributed by atoms with Crippen molar-refractivity contribution in [3.63, 3.8) is 0 Å². The second-order valence-corrected chi connectivity index (χ2v) is 5.25. The van der Waals surface area contributed by atoms with Crippen molar-refractivity contribution >= 4 is 0 Å². The molecule has 2 rings (SSSR count). The Morgan fingerprint density at radius 2 is 2.06 bits per heavy atom. The summed E-state index contributed by atoms with van der Waals surface area (Å²) in [7, 11) is 0. The molecule has 1 aliphatic rings. The Hall–Kier alpha value is -0.860. The van der Waals surface area contributed by atoms with Gasteiger partial charge in [0, 0.05) is 6.54 Å². The summed E-state index contributed by atoms with van der Waals surface area (Å²) in [5.74, 6) is 0.419. The zero-order chi connectivity index (χ0) is 12.3. The number of aryl methyl sites for hydroxylation is 2. The summed E-state index contributed by atoms with van der Waals surface area (Å²) in [4.78, 5) is 0. The third kappa shape index (κ3) is 3.08. The third-order valence-corrected chi connectivity index (χ3v) is 3.94. The van der Waals surface area contributed by atoms with Gasteiger partial charge >= 0.3 is 0 Å². The van der Waals surface area contributed by atoms with Crippen LogP contribution in [-0.4, -0.2) is 24.3 Å². The van der Waals surface area contributed by atoms with Gasteiger partial charge in [-0.05, 0) is 62.3 Å². The van der Waals surface area contributed by atoms with Crippen LogP contribution in [0.15, 0.2) is 18.2 Å². The molecule has 0 radical (unpaired) electrons. The SMILES string of the molecule is Cc1cccc(C)c1CC(O)C1CCCNC1. The topological polar surface area (TPSA) is 32.3 Å². The molecule has 17 heavy (non-hydrogen) atoms. The molecule has 0 aromatic heterocycles. The number of hydrogen-bond donors (Lipinski definition) is 2. The Morgan fingerprint density at radius 3 is 2.65 bits per heavy atom. The lowest BCUT2D eigenvalue weighted by atomic mass is 9.87. The van der Waals surface area contributed by atoms with Crippen molar-refractivity contribution in [2.24, 2.45) is 5.92 Å². The highest BCUT2D eigenvalue weighted by atomic mass is 16.3. The van der Waals surface area contributed by atoms with Crippen molar-refractivity contribution in [2.75, 3.05) is 13.1 Å². The number of aliphatic hydroxyl groups is 1. The number of piperidine rings is 1. The van der Waals surface area contributed by atoms with Crippen molar-refractivity contribution in [3.05, 3.63) is 34.9 Å². The molecular weight excluding hydrogens is 210 g/mol. The van der Waals surface area contributed by atoms with Crippen LogP contribution in [0.3, 0.4) is 0 Å². The number of benzene rings is 1. The van der Waals surface area contributed by atoms with Crippen LogP contribution >= 0.6 is 0 Å². The maximum absolute atomic E-state index is 10.3. The Balaban J connectivity index is 2.04. The van der Waals surface area contributed by atoms with Crippen molar-refractivity contribution in [1.82, 2.24) is 5.32 Å². The van der Waals surface area contributed by atoms with Crippen molar-refractivity contribution in [2.45, 2.75) is 39.2 Å². The molecule has 1 saturated heterocycles. The summed E-state index contributed by atoms with van der Waals surface area (Å²) in [6.45, 7) is 6.33. The van der Waals surface area contributed by atoms with E-state index in [0.717, 1.165) is 25.9 Å². The van der Waals surface area contributed by atoms with Gasteiger partial charge in [-0.1, -0.05) is 18.2 Å². The second-order valence-electron chi connectivity index (χ2n) is 5.25. The summed E-state index contributed by atoms with van der Waals surface area (Å²) in [6.07, 6.45) is 2.93. The molecular formula is C15H23NO. The van der Waals surface area contributed by atoms with E-state index >= 15 is 0 Å². The molecule has 0 spiro atoms. The highest BCUT2D eigenvalue weighted by Crippen LogP contribution is 2.21. The fourth-order valence-electron chi connectivity index (χ4n) is 2.75. The first-order valence-corrected chi connectivity index (χ1v) is 6.62. The molecule has 0 saturated carbocycles. The smallest absolute Gasteiger partial charge is 0.0621 e. The molecule has 0 aliphatic carbocycles. The van der Waals surface area contributed by atoms with Crippen LogP contribution in [0.5, 0.6) is 0 Å². The highest BCUT2D eigenvalue weighted by Gasteiger charge is 2.22. The molecule has 1 aromatic rings. The zero-order valence-electron chi connectivity index (χ0n) is 10.9. The van der Waals surface area contributed by atoms with E-state index in [0.29, 0.717) is 5.92 Å². The first-order chi connectivity index (χ1) is 8.18. The van der Waals surface area contributed by atoms with Crippen LogP contribution in [0.2, 0.25) is 0 Å². The van der Waals surface area contributed by atoms with Gasteiger partial charge in [0.25, 0.3) is 0 Å². The molecule has 1 aliphatic heterocycles.